The van der Waals surface area contributed by atoms with Gasteiger partial charge in [0.25, 0.3) is 0 Å². The molecule has 0 radical (unpaired) electrons. The first-order chi connectivity index (χ1) is 15.7. The smallest absolute Gasteiger partial charge is 0.230 e. The molecule has 9 heteroatoms. The van der Waals surface area contributed by atoms with Crippen LogP contribution in [0.5, 0.6) is 0 Å². The number of nitrogens with zero attached hydrogens (tertiary/aromatic N) is 6. The Morgan fingerprint density at radius 1 is 1.00 bits per heavy atom. The molecule has 1 aromatic carbocycles. The molecule has 0 atom stereocenters. The van der Waals surface area contributed by atoms with Gasteiger partial charge in [0.2, 0.25) is 11.9 Å². The summed E-state index contributed by atoms with van der Waals surface area (Å²) in [6.45, 7) is 3.16. The van der Waals surface area contributed by atoms with Crippen LogP contribution in [0.3, 0.4) is 0 Å². The third-order valence-corrected chi connectivity index (χ3v) is 5.20. The highest BCUT2D eigenvalue weighted by Gasteiger charge is 2.16. The summed E-state index contributed by atoms with van der Waals surface area (Å²) in [4.78, 5) is 15.4. The number of anilines is 2. The number of nitrogens with one attached hydrogen (secondary N) is 1. The molecular weight excluding hydrogens is 406 g/mol. The molecule has 3 aromatic heterocycles. The average molecular weight is 434 g/mol. The van der Waals surface area contributed by atoms with E-state index in [-0.39, 0.29) is 13.2 Å². The lowest BCUT2D eigenvalue weighted by Gasteiger charge is -2.21. The van der Waals surface area contributed by atoms with Crippen LogP contribution >= 0.6 is 0 Å². The Balaban J connectivity index is 1.59. The third-order valence-electron chi connectivity index (χ3n) is 5.20. The van der Waals surface area contributed by atoms with E-state index in [4.69, 9.17) is 0 Å². The summed E-state index contributed by atoms with van der Waals surface area (Å²) in [5, 5.41) is 26.6. The van der Waals surface area contributed by atoms with Gasteiger partial charge in [-0.25, -0.2) is 0 Å². The highest BCUT2D eigenvalue weighted by Crippen LogP contribution is 2.20. The Kier molecular flexibility index (Phi) is 6.88. The number of aliphatic hydroxyl groups is 2. The van der Waals surface area contributed by atoms with Gasteiger partial charge in [0, 0.05) is 37.0 Å². The zero-order valence-corrected chi connectivity index (χ0v) is 18.0. The van der Waals surface area contributed by atoms with E-state index in [1.54, 1.807) is 21.8 Å². The molecule has 0 saturated carbocycles. The van der Waals surface area contributed by atoms with Crippen molar-refractivity contribution in [3.05, 3.63) is 66.0 Å². The monoisotopic (exact) mass is 433 g/mol. The first-order valence-electron chi connectivity index (χ1n) is 10.7. The van der Waals surface area contributed by atoms with Crippen LogP contribution in [0, 0.1) is 0 Å². The van der Waals surface area contributed by atoms with Crippen LogP contribution in [0.1, 0.15) is 18.1 Å². The second-order valence-corrected chi connectivity index (χ2v) is 7.31. The normalized spacial score (nSPS) is 11.1. The fourth-order valence-corrected chi connectivity index (χ4v) is 3.48. The Morgan fingerprint density at radius 2 is 1.78 bits per heavy atom. The lowest BCUT2D eigenvalue weighted by atomic mass is 10.1. The molecule has 0 saturated heterocycles. The van der Waals surface area contributed by atoms with Crippen molar-refractivity contribution in [3.8, 4) is 11.3 Å². The van der Waals surface area contributed by atoms with Crippen LogP contribution in [0.4, 0.5) is 11.9 Å². The maximum Gasteiger partial charge on any atom is 0.230 e. The number of aryl methyl sites for hydroxylation is 1. The van der Waals surface area contributed by atoms with Crippen LogP contribution in [-0.4, -0.2) is 61.1 Å². The van der Waals surface area contributed by atoms with E-state index in [0.717, 1.165) is 28.8 Å². The van der Waals surface area contributed by atoms with Gasteiger partial charge < -0.3 is 20.4 Å². The Bertz CT molecular complexity index is 1140. The molecule has 0 aliphatic heterocycles. The van der Waals surface area contributed by atoms with Crippen molar-refractivity contribution < 1.29 is 10.2 Å². The Hall–Kier alpha value is -3.56. The second kappa shape index (κ2) is 10.2. The minimum Gasteiger partial charge on any atom is -0.395 e. The summed E-state index contributed by atoms with van der Waals surface area (Å²) in [6, 6.07) is 14.1. The first kappa shape index (κ1) is 21.7. The van der Waals surface area contributed by atoms with Gasteiger partial charge in [-0.3, -0.25) is 4.98 Å². The fraction of sp³-hybridized carbons (Fsp3) is 0.304. The molecule has 3 N–H and O–H groups in total. The number of rotatable bonds is 10. The van der Waals surface area contributed by atoms with Crippen LogP contribution in [0.15, 0.2) is 54.9 Å². The average Bonchev–Trinajstić information content (AvgIpc) is 3.26. The molecule has 3 heterocycles. The van der Waals surface area contributed by atoms with E-state index in [9.17, 15) is 10.2 Å². The zero-order chi connectivity index (χ0) is 22.3. The lowest BCUT2D eigenvalue weighted by molar-refractivity contribution is 0.280. The van der Waals surface area contributed by atoms with Gasteiger partial charge in [0.05, 0.1) is 25.1 Å². The summed E-state index contributed by atoms with van der Waals surface area (Å²) in [5.41, 5.74) is 4.80. The minimum atomic E-state index is -0.0557. The highest BCUT2D eigenvalue weighted by molar-refractivity contribution is 5.59. The molecule has 0 aliphatic carbocycles. The van der Waals surface area contributed by atoms with Gasteiger partial charge in [0.1, 0.15) is 0 Å². The number of hydrogen-bond acceptors (Lipinski definition) is 8. The summed E-state index contributed by atoms with van der Waals surface area (Å²) < 4.78 is 1.70. The van der Waals surface area contributed by atoms with Crippen molar-refractivity contribution in [2.75, 3.05) is 36.5 Å². The van der Waals surface area contributed by atoms with Crippen molar-refractivity contribution in [1.29, 1.82) is 0 Å². The summed E-state index contributed by atoms with van der Waals surface area (Å²) in [7, 11) is 0. The number of hydrogen-bond donors (Lipinski definition) is 3. The van der Waals surface area contributed by atoms with Gasteiger partial charge in [-0.2, -0.15) is 19.6 Å². The van der Waals surface area contributed by atoms with Gasteiger partial charge >= 0.3 is 0 Å². The van der Waals surface area contributed by atoms with E-state index in [2.05, 4.69) is 37.5 Å². The number of aromatic nitrogens is 5. The summed E-state index contributed by atoms with van der Waals surface area (Å²) in [5.74, 6) is 1.00. The molecule has 0 aliphatic rings. The van der Waals surface area contributed by atoms with Crippen molar-refractivity contribution in [1.82, 2.24) is 24.6 Å². The number of pyridine rings is 1. The molecular formula is C23H27N7O2. The molecule has 0 bridgehead atoms. The largest absolute Gasteiger partial charge is 0.395 e. The topological polar surface area (TPSA) is 112 Å². The third kappa shape index (κ3) is 4.68. The fourth-order valence-electron chi connectivity index (χ4n) is 3.48. The summed E-state index contributed by atoms with van der Waals surface area (Å²) >= 11 is 0. The van der Waals surface area contributed by atoms with Crippen molar-refractivity contribution in [2.45, 2.75) is 19.9 Å². The highest BCUT2D eigenvalue weighted by atomic mass is 16.3. The molecule has 0 fully saturated rings. The minimum absolute atomic E-state index is 0.0557. The van der Waals surface area contributed by atoms with Gasteiger partial charge in [0.15, 0.2) is 5.65 Å². The number of benzene rings is 1. The maximum atomic E-state index is 9.41. The molecule has 0 spiro atoms. The molecule has 166 valence electrons. The predicted molar refractivity (Wildman–Crippen MR) is 124 cm³/mol. The van der Waals surface area contributed by atoms with E-state index in [1.165, 1.54) is 0 Å². The van der Waals surface area contributed by atoms with Crippen LogP contribution < -0.4 is 10.2 Å². The van der Waals surface area contributed by atoms with E-state index >= 15 is 0 Å². The van der Waals surface area contributed by atoms with Crippen molar-refractivity contribution in [2.24, 2.45) is 0 Å². The molecule has 4 rings (SSSR count). The zero-order valence-electron chi connectivity index (χ0n) is 18.0. The first-order valence-corrected chi connectivity index (χ1v) is 10.7. The standard InChI is InChI=1S/C23H27N7O2/c1-2-18-16-26-30-21(18)27-23(29(11-13-31)12-14-32)28-22(30)25-15-17-6-8-19(9-7-17)20-5-3-4-10-24-20/h3-10,16,31-32H,2,11-15H2,1H3,(H,25,27,28). The summed E-state index contributed by atoms with van der Waals surface area (Å²) in [6.07, 6.45) is 4.37. The second-order valence-electron chi connectivity index (χ2n) is 7.31. The Labute approximate surface area is 186 Å². The van der Waals surface area contributed by atoms with Crippen LogP contribution in [0.25, 0.3) is 16.9 Å². The van der Waals surface area contributed by atoms with Crippen LogP contribution in [0.2, 0.25) is 0 Å². The Morgan fingerprint density at radius 3 is 2.44 bits per heavy atom. The molecule has 9 nitrogen and oxygen atoms in total. The van der Waals surface area contributed by atoms with Crippen molar-refractivity contribution >= 4 is 17.5 Å². The van der Waals surface area contributed by atoms with Gasteiger partial charge in [-0.15, -0.1) is 0 Å². The van der Waals surface area contributed by atoms with Gasteiger partial charge in [-0.05, 0) is 24.1 Å². The van der Waals surface area contributed by atoms with E-state index in [1.807, 2.05) is 37.3 Å². The molecule has 0 unspecified atom stereocenters. The molecule has 32 heavy (non-hydrogen) atoms. The van der Waals surface area contributed by atoms with Gasteiger partial charge in [-0.1, -0.05) is 37.3 Å². The number of fused-ring (bicyclic) bond motifs is 1. The predicted octanol–water partition coefficient (Wildman–Crippen LogP) is 2.15. The SMILES string of the molecule is CCc1cnn2c(NCc3ccc(-c4ccccn4)cc3)nc(N(CCO)CCO)nc12. The maximum absolute atomic E-state index is 9.41. The number of aliphatic hydroxyl groups excluding tert-OH is 2. The lowest BCUT2D eigenvalue weighted by Crippen LogP contribution is -2.32. The van der Waals surface area contributed by atoms with Crippen molar-refractivity contribution in [3.63, 3.8) is 0 Å². The quantitative estimate of drug-likeness (QED) is 0.349. The van der Waals surface area contributed by atoms with Crippen LogP contribution in [-0.2, 0) is 13.0 Å². The molecule has 0 amide bonds. The molecule has 4 aromatic rings. The van der Waals surface area contributed by atoms with E-state index < -0.39 is 0 Å². The van der Waals surface area contributed by atoms with E-state index in [0.29, 0.717) is 37.2 Å².